The Kier molecular flexibility index (Phi) is 2.86. The third kappa shape index (κ3) is 2.45. The van der Waals surface area contributed by atoms with Gasteiger partial charge in [0.25, 0.3) is 0 Å². The zero-order valence-electron chi connectivity index (χ0n) is 9.19. The first-order valence-corrected chi connectivity index (χ1v) is 5.27. The van der Waals surface area contributed by atoms with Crippen LogP contribution in [0.3, 0.4) is 0 Å². The molecular formula is C11H16N2O2. The zero-order valence-corrected chi connectivity index (χ0v) is 9.19. The Morgan fingerprint density at radius 3 is 3.13 bits per heavy atom. The van der Waals surface area contributed by atoms with Crippen molar-refractivity contribution < 1.29 is 9.21 Å². The van der Waals surface area contributed by atoms with Gasteiger partial charge in [-0.3, -0.25) is 4.79 Å². The zero-order chi connectivity index (χ0) is 10.8. The Labute approximate surface area is 89.3 Å². The lowest BCUT2D eigenvalue weighted by molar-refractivity contribution is -0.116. The van der Waals surface area contributed by atoms with Gasteiger partial charge in [-0.1, -0.05) is 0 Å². The first kappa shape index (κ1) is 10.4. The van der Waals surface area contributed by atoms with Crippen molar-refractivity contribution in [1.29, 1.82) is 0 Å². The smallest absolute Gasteiger partial charge is 0.198 e. The first-order chi connectivity index (χ1) is 7.15. The van der Waals surface area contributed by atoms with Gasteiger partial charge in [0.2, 0.25) is 0 Å². The molecule has 0 N–H and O–H groups in total. The van der Waals surface area contributed by atoms with Crippen LogP contribution in [-0.2, 0) is 11.2 Å². The molecule has 1 aliphatic rings. The minimum Gasteiger partial charge on any atom is -0.448 e. The van der Waals surface area contributed by atoms with Crippen molar-refractivity contribution in [2.75, 3.05) is 20.1 Å². The van der Waals surface area contributed by atoms with Crippen molar-refractivity contribution in [3.63, 3.8) is 0 Å². The summed E-state index contributed by atoms with van der Waals surface area (Å²) >= 11 is 0. The van der Waals surface area contributed by atoms with Crippen LogP contribution in [0.1, 0.15) is 30.8 Å². The quantitative estimate of drug-likeness (QED) is 0.749. The van der Waals surface area contributed by atoms with Crippen LogP contribution >= 0.6 is 0 Å². The fourth-order valence-electron chi connectivity index (χ4n) is 1.98. The maximum absolute atomic E-state index is 10.9. The number of likely N-dealkylation sites (tertiary alicyclic amines) is 1. The van der Waals surface area contributed by atoms with Gasteiger partial charge in [0.15, 0.2) is 5.89 Å². The molecule has 1 fully saturated rings. The number of Topliss-reactive ketones (excluding diaryl/α,β-unsaturated/α-hetero) is 1. The molecular weight excluding hydrogens is 192 g/mol. The summed E-state index contributed by atoms with van der Waals surface area (Å²) in [6, 6.07) is 0. The number of ketones is 1. The van der Waals surface area contributed by atoms with Crippen LogP contribution in [0.4, 0.5) is 0 Å². The van der Waals surface area contributed by atoms with E-state index in [2.05, 4.69) is 16.9 Å². The average molecular weight is 208 g/mol. The molecule has 1 unspecified atom stereocenters. The van der Waals surface area contributed by atoms with Crippen LogP contribution in [0, 0.1) is 0 Å². The third-order valence-electron chi connectivity index (χ3n) is 2.74. The predicted octanol–water partition coefficient (Wildman–Crippen LogP) is 1.23. The highest BCUT2D eigenvalue weighted by molar-refractivity contribution is 5.77. The number of carbonyl (C=O) groups is 1. The minimum atomic E-state index is 0.124. The second-order valence-corrected chi connectivity index (χ2v) is 4.30. The lowest BCUT2D eigenvalue weighted by Crippen LogP contribution is -2.13. The molecule has 1 aromatic heterocycles. The molecule has 1 aliphatic heterocycles. The van der Waals surface area contributed by atoms with Gasteiger partial charge >= 0.3 is 0 Å². The largest absolute Gasteiger partial charge is 0.448 e. The molecule has 2 rings (SSSR count). The molecule has 0 aliphatic carbocycles. The molecule has 0 radical (unpaired) electrons. The number of hydrogen-bond donors (Lipinski definition) is 0. The van der Waals surface area contributed by atoms with E-state index in [9.17, 15) is 4.79 Å². The number of oxazole rings is 1. The summed E-state index contributed by atoms with van der Waals surface area (Å²) in [5.41, 5.74) is 0.757. The van der Waals surface area contributed by atoms with Crippen molar-refractivity contribution >= 4 is 5.78 Å². The molecule has 0 spiro atoms. The normalized spacial score (nSPS) is 22.1. The molecule has 1 aromatic rings. The second kappa shape index (κ2) is 4.14. The number of hydrogen-bond acceptors (Lipinski definition) is 4. The molecule has 0 bridgehead atoms. The minimum absolute atomic E-state index is 0.124. The van der Waals surface area contributed by atoms with E-state index in [1.54, 1.807) is 13.2 Å². The van der Waals surface area contributed by atoms with Crippen LogP contribution in [0.5, 0.6) is 0 Å². The molecule has 1 atom stereocenters. The van der Waals surface area contributed by atoms with Gasteiger partial charge in [-0.2, -0.15) is 0 Å². The molecule has 2 heterocycles. The van der Waals surface area contributed by atoms with E-state index in [-0.39, 0.29) is 5.78 Å². The highest BCUT2D eigenvalue weighted by Gasteiger charge is 2.25. The highest BCUT2D eigenvalue weighted by atomic mass is 16.3. The monoisotopic (exact) mass is 208 g/mol. The van der Waals surface area contributed by atoms with Crippen molar-refractivity contribution in [1.82, 2.24) is 9.88 Å². The third-order valence-corrected chi connectivity index (χ3v) is 2.74. The number of rotatable bonds is 3. The number of carbonyl (C=O) groups excluding carboxylic acids is 1. The summed E-state index contributed by atoms with van der Waals surface area (Å²) in [5, 5.41) is 0. The lowest BCUT2D eigenvalue weighted by atomic mass is 10.1. The van der Waals surface area contributed by atoms with Gasteiger partial charge in [0.1, 0.15) is 12.0 Å². The molecule has 4 nitrogen and oxygen atoms in total. The number of nitrogens with zero attached hydrogens (tertiary/aromatic N) is 2. The van der Waals surface area contributed by atoms with Crippen molar-refractivity contribution in [3.05, 3.63) is 17.8 Å². The van der Waals surface area contributed by atoms with Gasteiger partial charge in [0, 0.05) is 12.5 Å². The van der Waals surface area contributed by atoms with E-state index in [0.29, 0.717) is 12.3 Å². The van der Waals surface area contributed by atoms with E-state index in [1.165, 1.54) is 0 Å². The van der Waals surface area contributed by atoms with Crippen LogP contribution < -0.4 is 0 Å². The van der Waals surface area contributed by atoms with Gasteiger partial charge in [-0.15, -0.1) is 0 Å². The highest BCUT2D eigenvalue weighted by Crippen LogP contribution is 2.25. The molecule has 1 saturated heterocycles. The standard InChI is InChI=1S/C11H16N2O2/c1-8(14)5-10-7-15-11(12-10)9-3-4-13(2)6-9/h7,9H,3-6H2,1-2H3. The Hall–Kier alpha value is -1.16. The fraction of sp³-hybridized carbons (Fsp3) is 0.636. The van der Waals surface area contributed by atoms with Crippen LogP contribution in [0.2, 0.25) is 0 Å². The van der Waals surface area contributed by atoms with Crippen molar-refractivity contribution in [3.8, 4) is 0 Å². The Bertz CT molecular complexity index is 359. The molecule has 0 amide bonds. The number of aromatic nitrogens is 1. The van der Waals surface area contributed by atoms with Gasteiger partial charge in [0.05, 0.1) is 12.1 Å². The summed E-state index contributed by atoms with van der Waals surface area (Å²) in [4.78, 5) is 17.5. The molecule has 82 valence electrons. The number of likely N-dealkylation sites (N-methyl/N-ethyl adjacent to an activating group) is 1. The van der Waals surface area contributed by atoms with Gasteiger partial charge in [-0.05, 0) is 26.9 Å². The molecule has 15 heavy (non-hydrogen) atoms. The Morgan fingerprint density at radius 2 is 2.53 bits per heavy atom. The van der Waals surface area contributed by atoms with E-state index >= 15 is 0 Å². The van der Waals surface area contributed by atoms with E-state index in [0.717, 1.165) is 31.1 Å². The van der Waals surface area contributed by atoms with E-state index in [1.807, 2.05) is 0 Å². The van der Waals surface area contributed by atoms with Crippen molar-refractivity contribution in [2.45, 2.75) is 25.7 Å². The SMILES string of the molecule is CC(=O)Cc1coc(C2CCN(C)C2)n1. The molecule has 0 saturated carbocycles. The Morgan fingerprint density at radius 1 is 1.73 bits per heavy atom. The van der Waals surface area contributed by atoms with E-state index in [4.69, 9.17) is 4.42 Å². The molecule has 4 heteroatoms. The summed E-state index contributed by atoms with van der Waals surface area (Å²) in [6.07, 6.45) is 3.08. The summed E-state index contributed by atoms with van der Waals surface area (Å²) in [7, 11) is 2.10. The first-order valence-electron chi connectivity index (χ1n) is 5.27. The lowest BCUT2D eigenvalue weighted by Gasteiger charge is -2.05. The van der Waals surface area contributed by atoms with Crippen LogP contribution in [0.25, 0.3) is 0 Å². The van der Waals surface area contributed by atoms with Crippen LogP contribution in [0.15, 0.2) is 10.7 Å². The van der Waals surface area contributed by atoms with Gasteiger partial charge < -0.3 is 9.32 Å². The summed E-state index contributed by atoms with van der Waals surface area (Å²) in [5.74, 6) is 1.31. The summed E-state index contributed by atoms with van der Waals surface area (Å²) in [6.45, 7) is 3.66. The van der Waals surface area contributed by atoms with Gasteiger partial charge in [-0.25, -0.2) is 4.98 Å². The fourth-order valence-corrected chi connectivity index (χ4v) is 1.98. The van der Waals surface area contributed by atoms with Crippen LogP contribution in [-0.4, -0.2) is 35.8 Å². The van der Waals surface area contributed by atoms with E-state index < -0.39 is 0 Å². The van der Waals surface area contributed by atoms with Crippen molar-refractivity contribution in [2.24, 2.45) is 0 Å². The topological polar surface area (TPSA) is 46.3 Å². The second-order valence-electron chi connectivity index (χ2n) is 4.30. The maximum atomic E-state index is 10.9. The Balaban J connectivity index is 2.03. The summed E-state index contributed by atoms with van der Waals surface area (Å²) < 4.78 is 5.41. The molecule has 0 aromatic carbocycles. The maximum Gasteiger partial charge on any atom is 0.198 e. The average Bonchev–Trinajstić information content (AvgIpc) is 2.72. The predicted molar refractivity (Wildman–Crippen MR) is 55.7 cm³/mol.